The lowest BCUT2D eigenvalue weighted by Crippen LogP contribution is -2.09. The van der Waals surface area contributed by atoms with Crippen molar-refractivity contribution in [2.24, 2.45) is 5.92 Å². The van der Waals surface area contributed by atoms with E-state index in [1.165, 1.54) is 54.2 Å². The zero-order chi connectivity index (χ0) is 21.3. The third kappa shape index (κ3) is 3.50. The number of pyridine rings is 1. The number of furan rings is 1. The summed E-state index contributed by atoms with van der Waals surface area (Å²) in [5, 5.41) is 2.32. The molecule has 5 aromatic rings. The molecule has 1 fully saturated rings. The molecule has 0 atom stereocenters. The molecule has 0 N–H and O–H groups in total. The molecule has 2 heteroatoms. The highest BCUT2D eigenvalue weighted by Gasteiger charge is 2.19. The normalized spacial score (nSPS) is 14.9. The summed E-state index contributed by atoms with van der Waals surface area (Å²) >= 11 is 0. The van der Waals surface area contributed by atoms with E-state index in [4.69, 9.17) is 9.40 Å². The fourth-order valence-corrected chi connectivity index (χ4v) is 5.36. The predicted octanol–water partition coefficient (Wildman–Crippen LogP) is 8.44. The van der Waals surface area contributed by atoms with E-state index >= 15 is 0 Å². The summed E-state index contributed by atoms with van der Waals surface area (Å²) in [6.07, 6.45) is 9.99. The third-order valence-corrected chi connectivity index (χ3v) is 6.96. The van der Waals surface area contributed by atoms with Crippen molar-refractivity contribution >= 4 is 21.9 Å². The Balaban J connectivity index is 1.50. The maximum atomic E-state index is 6.45. The monoisotopic (exact) mass is 417 g/mol. The molecule has 32 heavy (non-hydrogen) atoms. The lowest BCUT2D eigenvalue weighted by molar-refractivity contribution is 0.356. The molecule has 0 spiro atoms. The van der Waals surface area contributed by atoms with Gasteiger partial charge in [0.2, 0.25) is 0 Å². The molecule has 2 aromatic heterocycles. The van der Waals surface area contributed by atoms with Crippen molar-refractivity contribution in [1.29, 1.82) is 0 Å². The van der Waals surface area contributed by atoms with Gasteiger partial charge in [0.25, 0.3) is 0 Å². The highest BCUT2D eigenvalue weighted by atomic mass is 16.3. The zero-order valence-corrected chi connectivity index (χ0v) is 18.3. The summed E-state index contributed by atoms with van der Waals surface area (Å²) in [6, 6.07) is 27.8. The molecule has 6 rings (SSSR count). The summed E-state index contributed by atoms with van der Waals surface area (Å²) in [7, 11) is 0. The first-order valence-corrected chi connectivity index (χ1v) is 11.8. The van der Waals surface area contributed by atoms with Gasteiger partial charge in [0.1, 0.15) is 11.2 Å². The minimum Gasteiger partial charge on any atom is -0.455 e. The molecule has 2 nitrogen and oxygen atoms in total. The van der Waals surface area contributed by atoms with Gasteiger partial charge in [-0.25, -0.2) is 0 Å². The second-order valence-corrected chi connectivity index (χ2v) is 9.09. The standard InChI is InChI=1S/C30H27NO/c1-3-9-21(10-4-1)19-22-17-18-31-27(20-22)25-16-15-24(23-11-5-2-6-12-23)29-26-13-7-8-14-28(26)32-30(25)29/h2,5-8,11-18,20-21H,1,3-4,9-10,19H2. The Morgan fingerprint density at radius 2 is 1.56 bits per heavy atom. The molecule has 2 heterocycles. The number of hydrogen-bond acceptors (Lipinski definition) is 2. The van der Waals surface area contributed by atoms with Gasteiger partial charge in [0, 0.05) is 22.5 Å². The van der Waals surface area contributed by atoms with Crippen LogP contribution in [0.15, 0.2) is 89.5 Å². The number of fused-ring (bicyclic) bond motifs is 3. The van der Waals surface area contributed by atoms with Crippen molar-refractivity contribution in [2.75, 3.05) is 0 Å². The molecule has 0 bridgehead atoms. The Kier molecular flexibility index (Phi) is 4.99. The molecule has 1 aliphatic carbocycles. The Bertz CT molecular complexity index is 1380. The lowest BCUT2D eigenvalue weighted by Gasteiger charge is -2.21. The maximum absolute atomic E-state index is 6.45. The van der Waals surface area contributed by atoms with Gasteiger partial charge in [-0.05, 0) is 53.3 Å². The minimum absolute atomic E-state index is 0.811. The predicted molar refractivity (Wildman–Crippen MR) is 133 cm³/mol. The van der Waals surface area contributed by atoms with E-state index in [0.29, 0.717) is 0 Å². The van der Waals surface area contributed by atoms with Crippen molar-refractivity contribution in [2.45, 2.75) is 38.5 Å². The fourth-order valence-electron chi connectivity index (χ4n) is 5.36. The van der Waals surface area contributed by atoms with Crippen LogP contribution in [0.5, 0.6) is 0 Å². The van der Waals surface area contributed by atoms with Crippen LogP contribution in [-0.4, -0.2) is 4.98 Å². The minimum atomic E-state index is 0.811. The first-order valence-electron chi connectivity index (χ1n) is 11.8. The molecule has 158 valence electrons. The van der Waals surface area contributed by atoms with Gasteiger partial charge in [-0.1, -0.05) is 86.7 Å². The van der Waals surface area contributed by atoms with Crippen LogP contribution in [0, 0.1) is 5.92 Å². The van der Waals surface area contributed by atoms with E-state index in [-0.39, 0.29) is 0 Å². The van der Waals surface area contributed by atoms with E-state index in [1.54, 1.807) is 0 Å². The summed E-state index contributed by atoms with van der Waals surface area (Å²) < 4.78 is 6.45. The van der Waals surface area contributed by atoms with Gasteiger partial charge < -0.3 is 4.42 Å². The molecule has 1 aliphatic rings. The smallest absolute Gasteiger partial charge is 0.145 e. The number of hydrogen-bond donors (Lipinski definition) is 0. The first-order chi connectivity index (χ1) is 15.9. The number of para-hydroxylation sites is 1. The summed E-state index contributed by atoms with van der Waals surface area (Å²) in [5.74, 6) is 0.811. The average Bonchev–Trinajstić information content (AvgIpc) is 3.25. The van der Waals surface area contributed by atoms with E-state index in [9.17, 15) is 0 Å². The van der Waals surface area contributed by atoms with Gasteiger partial charge in [-0.3, -0.25) is 4.98 Å². The Labute approximate surface area is 188 Å². The Morgan fingerprint density at radius 1 is 0.781 bits per heavy atom. The van der Waals surface area contributed by atoms with Crippen LogP contribution in [0.1, 0.15) is 37.7 Å². The largest absolute Gasteiger partial charge is 0.455 e. The Hall–Kier alpha value is -3.39. The molecular formula is C30H27NO. The van der Waals surface area contributed by atoms with Crippen LogP contribution in [0.3, 0.4) is 0 Å². The van der Waals surface area contributed by atoms with E-state index in [0.717, 1.165) is 40.1 Å². The van der Waals surface area contributed by atoms with Gasteiger partial charge in [-0.15, -0.1) is 0 Å². The molecule has 0 radical (unpaired) electrons. The van der Waals surface area contributed by atoms with Crippen molar-refractivity contribution in [3.8, 4) is 22.4 Å². The van der Waals surface area contributed by atoms with Crippen LogP contribution in [-0.2, 0) is 6.42 Å². The molecule has 0 unspecified atom stereocenters. The molecule has 0 saturated heterocycles. The van der Waals surface area contributed by atoms with Gasteiger partial charge in [0.05, 0.1) is 5.69 Å². The quantitative estimate of drug-likeness (QED) is 0.293. The van der Waals surface area contributed by atoms with Crippen LogP contribution in [0.2, 0.25) is 0 Å². The second kappa shape index (κ2) is 8.27. The van der Waals surface area contributed by atoms with Gasteiger partial charge in [0.15, 0.2) is 0 Å². The number of nitrogens with zero attached hydrogens (tertiary/aromatic N) is 1. The lowest BCUT2D eigenvalue weighted by atomic mass is 9.85. The van der Waals surface area contributed by atoms with Crippen molar-refractivity contribution in [3.63, 3.8) is 0 Å². The summed E-state index contributed by atoms with van der Waals surface area (Å²) in [6.45, 7) is 0. The molecular weight excluding hydrogens is 390 g/mol. The third-order valence-electron chi connectivity index (χ3n) is 6.96. The maximum Gasteiger partial charge on any atom is 0.145 e. The number of rotatable bonds is 4. The van der Waals surface area contributed by atoms with Crippen molar-refractivity contribution in [1.82, 2.24) is 4.98 Å². The fraction of sp³-hybridized carbons (Fsp3) is 0.233. The number of aromatic nitrogens is 1. The van der Waals surface area contributed by atoms with Gasteiger partial charge >= 0.3 is 0 Å². The van der Waals surface area contributed by atoms with Crippen LogP contribution >= 0.6 is 0 Å². The van der Waals surface area contributed by atoms with Crippen LogP contribution in [0.4, 0.5) is 0 Å². The molecule has 3 aromatic carbocycles. The van der Waals surface area contributed by atoms with Gasteiger partial charge in [-0.2, -0.15) is 0 Å². The van der Waals surface area contributed by atoms with E-state index in [2.05, 4.69) is 72.8 Å². The SMILES string of the molecule is c1ccc(-c2ccc(-c3cc(CC4CCCCC4)ccn3)c3oc4ccccc4c23)cc1. The van der Waals surface area contributed by atoms with E-state index < -0.39 is 0 Å². The van der Waals surface area contributed by atoms with Crippen molar-refractivity contribution < 1.29 is 4.42 Å². The Morgan fingerprint density at radius 3 is 2.44 bits per heavy atom. The molecule has 0 amide bonds. The van der Waals surface area contributed by atoms with Crippen molar-refractivity contribution in [3.05, 3.63) is 90.6 Å². The zero-order valence-electron chi connectivity index (χ0n) is 18.3. The highest BCUT2D eigenvalue weighted by molar-refractivity contribution is 6.16. The molecule has 0 aliphatic heterocycles. The topological polar surface area (TPSA) is 26.0 Å². The first kappa shape index (κ1) is 19.3. The van der Waals surface area contributed by atoms with Crippen LogP contribution < -0.4 is 0 Å². The average molecular weight is 418 g/mol. The van der Waals surface area contributed by atoms with E-state index in [1.807, 2.05) is 12.3 Å². The number of benzene rings is 3. The molecule has 1 saturated carbocycles. The van der Waals surface area contributed by atoms with Crippen LogP contribution in [0.25, 0.3) is 44.3 Å². The summed E-state index contributed by atoms with van der Waals surface area (Å²) in [5.41, 5.74) is 7.71. The second-order valence-electron chi connectivity index (χ2n) is 9.09. The highest BCUT2D eigenvalue weighted by Crippen LogP contribution is 2.41. The summed E-state index contributed by atoms with van der Waals surface area (Å²) in [4.78, 5) is 4.77.